The van der Waals surface area contributed by atoms with Gasteiger partial charge in [-0.1, -0.05) is 43.9 Å². The maximum atomic E-state index is 11.3. The molecule has 114 valence electrons. The Morgan fingerprint density at radius 1 is 1.19 bits per heavy atom. The summed E-state index contributed by atoms with van der Waals surface area (Å²) < 4.78 is 27.8. The molecule has 2 aromatic rings. The Labute approximate surface area is 125 Å². The van der Waals surface area contributed by atoms with Gasteiger partial charge >= 0.3 is 5.22 Å². The van der Waals surface area contributed by atoms with E-state index < -0.39 is 9.84 Å². The van der Waals surface area contributed by atoms with E-state index in [1.165, 1.54) is 18.4 Å². The van der Waals surface area contributed by atoms with Gasteiger partial charge in [-0.05, 0) is 30.0 Å². The zero-order valence-corrected chi connectivity index (χ0v) is 13.4. The minimum atomic E-state index is -3.46. The number of sulfone groups is 1. The summed E-state index contributed by atoms with van der Waals surface area (Å²) in [4.78, 5) is 0. The SMILES string of the molecule is CCCCC(C)c1ccc(-c2nnc(S(C)(=O)=O)o2)cc1. The van der Waals surface area contributed by atoms with Crippen molar-refractivity contribution in [2.24, 2.45) is 0 Å². The molecule has 1 aromatic carbocycles. The van der Waals surface area contributed by atoms with E-state index in [9.17, 15) is 8.42 Å². The van der Waals surface area contributed by atoms with Crippen molar-refractivity contribution in [2.45, 2.75) is 44.3 Å². The topological polar surface area (TPSA) is 73.1 Å². The van der Waals surface area contributed by atoms with E-state index in [1.807, 2.05) is 24.3 Å². The lowest BCUT2D eigenvalue weighted by molar-refractivity contribution is 0.442. The van der Waals surface area contributed by atoms with E-state index in [0.717, 1.165) is 18.2 Å². The van der Waals surface area contributed by atoms with Gasteiger partial charge in [0.25, 0.3) is 0 Å². The molecule has 1 unspecified atom stereocenters. The fraction of sp³-hybridized carbons (Fsp3) is 0.467. The predicted molar refractivity (Wildman–Crippen MR) is 80.8 cm³/mol. The van der Waals surface area contributed by atoms with Gasteiger partial charge < -0.3 is 4.42 Å². The molecule has 2 rings (SSSR count). The summed E-state index contributed by atoms with van der Waals surface area (Å²) in [5.41, 5.74) is 1.99. The molecule has 21 heavy (non-hydrogen) atoms. The summed E-state index contributed by atoms with van der Waals surface area (Å²) >= 11 is 0. The highest BCUT2D eigenvalue weighted by Gasteiger charge is 2.17. The summed E-state index contributed by atoms with van der Waals surface area (Å²) in [7, 11) is -3.46. The standard InChI is InChI=1S/C15H20N2O3S/c1-4-5-6-11(2)12-7-9-13(10-8-12)14-16-17-15(20-14)21(3,18)19/h7-11H,4-6H2,1-3H3. The van der Waals surface area contributed by atoms with Crippen LogP contribution < -0.4 is 0 Å². The van der Waals surface area contributed by atoms with Gasteiger partial charge in [0.1, 0.15) is 0 Å². The Kier molecular flexibility index (Phi) is 4.77. The van der Waals surface area contributed by atoms with Crippen LogP contribution in [0.15, 0.2) is 33.9 Å². The van der Waals surface area contributed by atoms with E-state index in [4.69, 9.17) is 4.42 Å². The van der Waals surface area contributed by atoms with Crippen LogP contribution in [0, 0.1) is 0 Å². The molecule has 0 amide bonds. The van der Waals surface area contributed by atoms with Crippen LogP contribution in [0.5, 0.6) is 0 Å². The first-order chi connectivity index (χ1) is 9.91. The number of unbranched alkanes of at least 4 members (excludes halogenated alkanes) is 1. The Bertz CT molecular complexity index is 690. The molecule has 0 bridgehead atoms. The lowest BCUT2D eigenvalue weighted by Gasteiger charge is -2.11. The van der Waals surface area contributed by atoms with E-state index in [2.05, 4.69) is 24.0 Å². The molecule has 0 saturated carbocycles. The Morgan fingerprint density at radius 3 is 2.38 bits per heavy atom. The van der Waals surface area contributed by atoms with Crippen LogP contribution in [0.1, 0.15) is 44.6 Å². The molecule has 0 aliphatic rings. The van der Waals surface area contributed by atoms with Gasteiger partial charge in [0.05, 0.1) is 0 Å². The van der Waals surface area contributed by atoms with Crippen LogP contribution in [0.4, 0.5) is 0 Å². The average molecular weight is 308 g/mol. The van der Waals surface area contributed by atoms with Crippen LogP contribution in [0.25, 0.3) is 11.5 Å². The lowest BCUT2D eigenvalue weighted by atomic mass is 9.95. The zero-order chi connectivity index (χ0) is 15.5. The van der Waals surface area contributed by atoms with Crippen molar-refractivity contribution in [3.63, 3.8) is 0 Å². The summed E-state index contributed by atoms with van der Waals surface area (Å²) in [5.74, 6) is 0.733. The average Bonchev–Trinajstić information content (AvgIpc) is 2.95. The number of benzene rings is 1. The van der Waals surface area contributed by atoms with Crippen LogP contribution in [-0.2, 0) is 9.84 Å². The first-order valence-electron chi connectivity index (χ1n) is 7.05. The third-order valence-corrected chi connectivity index (χ3v) is 4.24. The number of hydrogen-bond acceptors (Lipinski definition) is 5. The maximum Gasteiger partial charge on any atom is 0.335 e. The molecular weight excluding hydrogens is 288 g/mol. The largest absolute Gasteiger partial charge is 0.408 e. The van der Waals surface area contributed by atoms with Crippen molar-refractivity contribution < 1.29 is 12.8 Å². The van der Waals surface area contributed by atoms with E-state index in [0.29, 0.717) is 5.92 Å². The number of rotatable bonds is 6. The van der Waals surface area contributed by atoms with Crippen molar-refractivity contribution in [3.8, 4) is 11.5 Å². The molecule has 1 heterocycles. The zero-order valence-electron chi connectivity index (χ0n) is 12.5. The molecule has 0 fully saturated rings. The fourth-order valence-corrected chi connectivity index (χ4v) is 2.53. The van der Waals surface area contributed by atoms with Crippen molar-refractivity contribution in [1.82, 2.24) is 10.2 Å². The third-order valence-electron chi connectivity index (χ3n) is 3.44. The quantitative estimate of drug-likeness (QED) is 0.817. The van der Waals surface area contributed by atoms with Crippen LogP contribution in [0.3, 0.4) is 0 Å². The maximum absolute atomic E-state index is 11.3. The van der Waals surface area contributed by atoms with Gasteiger partial charge in [0.2, 0.25) is 15.7 Å². The minimum absolute atomic E-state index is 0.225. The second-order valence-electron chi connectivity index (χ2n) is 5.31. The fourth-order valence-electron chi connectivity index (χ4n) is 2.11. The van der Waals surface area contributed by atoms with E-state index in [-0.39, 0.29) is 11.1 Å². The monoisotopic (exact) mass is 308 g/mol. The van der Waals surface area contributed by atoms with E-state index >= 15 is 0 Å². The van der Waals surface area contributed by atoms with Gasteiger partial charge in [-0.2, -0.15) is 0 Å². The second-order valence-corrected chi connectivity index (χ2v) is 7.20. The van der Waals surface area contributed by atoms with Crippen molar-refractivity contribution in [2.75, 3.05) is 6.26 Å². The van der Waals surface area contributed by atoms with Crippen LogP contribution in [-0.4, -0.2) is 24.9 Å². The summed E-state index contributed by atoms with van der Waals surface area (Å²) in [6.07, 6.45) is 4.61. The number of hydrogen-bond donors (Lipinski definition) is 0. The van der Waals surface area contributed by atoms with Crippen LogP contribution in [0.2, 0.25) is 0 Å². The van der Waals surface area contributed by atoms with Gasteiger partial charge in [-0.25, -0.2) is 8.42 Å². The molecule has 0 aliphatic carbocycles. The minimum Gasteiger partial charge on any atom is -0.408 e. The molecule has 6 heteroatoms. The molecule has 0 saturated heterocycles. The van der Waals surface area contributed by atoms with Gasteiger partial charge in [-0.15, -0.1) is 5.10 Å². The molecule has 0 spiro atoms. The Balaban J connectivity index is 2.17. The first-order valence-corrected chi connectivity index (χ1v) is 8.95. The van der Waals surface area contributed by atoms with E-state index in [1.54, 1.807) is 0 Å². The van der Waals surface area contributed by atoms with Crippen LogP contribution >= 0.6 is 0 Å². The summed E-state index contributed by atoms with van der Waals surface area (Å²) in [5, 5.41) is 6.99. The first kappa shape index (κ1) is 15.7. The molecule has 0 aliphatic heterocycles. The Hall–Kier alpha value is -1.69. The predicted octanol–water partition coefficient (Wildman–Crippen LogP) is 3.43. The number of aromatic nitrogens is 2. The number of nitrogens with zero attached hydrogens (tertiary/aromatic N) is 2. The highest BCUT2D eigenvalue weighted by atomic mass is 32.2. The normalized spacial score (nSPS) is 13.3. The molecular formula is C15H20N2O3S. The smallest absolute Gasteiger partial charge is 0.335 e. The third kappa shape index (κ3) is 3.91. The molecule has 5 nitrogen and oxygen atoms in total. The van der Waals surface area contributed by atoms with Gasteiger partial charge in [0.15, 0.2) is 0 Å². The van der Waals surface area contributed by atoms with Gasteiger partial charge in [0, 0.05) is 11.8 Å². The molecule has 1 aromatic heterocycles. The van der Waals surface area contributed by atoms with Crippen molar-refractivity contribution >= 4 is 9.84 Å². The lowest BCUT2D eigenvalue weighted by Crippen LogP contribution is -1.96. The summed E-state index contributed by atoms with van der Waals surface area (Å²) in [6, 6.07) is 7.83. The molecule has 0 N–H and O–H groups in total. The Morgan fingerprint density at radius 2 is 1.86 bits per heavy atom. The van der Waals surface area contributed by atoms with Gasteiger partial charge in [-0.3, -0.25) is 0 Å². The summed E-state index contributed by atoms with van der Waals surface area (Å²) in [6.45, 7) is 4.39. The van der Waals surface area contributed by atoms with Crippen molar-refractivity contribution in [3.05, 3.63) is 29.8 Å². The molecule has 0 radical (unpaired) electrons. The highest BCUT2D eigenvalue weighted by Crippen LogP contribution is 2.25. The highest BCUT2D eigenvalue weighted by molar-refractivity contribution is 7.90. The van der Waals surface area contributed by atoms with Crippen molar-refractivity contribution in [1.29, 1.82) is 0 Å². The second kappa shape index (κ2) is 6.39. The molecule has 1 atom stereocenters.